The summed E-state index contributed by atoms with van der Waals surface area (Å²) in [6, 6.07) is 8.28. The van der Waals surface area contributed by atoms with Gasteiger partial charge < -0.3 is 9.64 Å². The van der Waals surface area contributed by atoms with Crippen LogP contribution in [0.4, 0.5) is 0 Å². The number of rotatable bonds is 8. The van der Waals surface area contributed by atoms with Crippen LogP contribution in [0.2, 0.25) is 0 Å². The Hall–Kier alpha value is -1.28. The van der Waals surface area contributed by atoms with Gasteiger partial charge in [-0.1, -0.05) is 37.1 Å². The van der Waals surface area contributed by atoms with Gasteiger partial charge in [0.25, 0.3) is 0 Å². The van der Waals surface area contributed by atoms with E-state index in [-0.39, 0.29) is 0 Å². The smallest absolute Gasteiger partial charge is 0.122 e. The zero-order chi connectivity index (χ0) is 14.8. The summed E-state index contributed by atoms with van der Waals surface area (Å²) in [5.41, 5.74) is 1.24. The quantitative estimate of drug-likeness (QED) is 0.517. The molecule has 0 aromatic heterocycles. The summed E-state index contributed by atoms with van der Waals surface area (Å²) in [6.07, 6.45) is 10.8. The number of likely N-dealkylation sites (tertiary alicyclic amines) is 1. The Kier molecular flexibility index (Phi) is 7.37. The molecule has 116 valence electrons. The highest BCUT2D eigenvalue weighted by Crippen LogP contribution is 2.19. The van der Waals surface area contributed by atoms with Gasteiger partial charge in [0.15, 0.2) is 0 Å². The topological polar surface area (TPSA) is 12.5 Å². The lowest BCUT2D eigenvalue weighted by Crippen LogP contribution is -2.25. The molecule has 2 nitrogen and oxygen atoms in total. The second-order valence-corrected chi connectivity index (χ2v) is 5.91. The summed E-state index contributed by atoms with van der Waals surface area (Å²) in [6.45, 7) is 8.45. The van der Waals surface area contributed by atoms with Gasteiger partial charge in [-0.25, -0.2) is 0 Å². The number of benzene rings is 1. The molecule has 1 aliphatic rings. The SMILES string of the molecule is C=CCc1ccccc1OCCCCN1CCCCCC1. The van der Waals surface area contributed by atoms with Crippen LogP contribution in [0, 0.1) is 0 Å². The molecule has 0 N–H and O–H groups in total. The first-order valence-electron chi connectivity index (χ1n) is 8.44. The molecule has 0 aliphatic carbocycles. The summed E-state index contributed by atoms with van der Waals surface area (Å²) in [7, 11) is 0. The van der Waals surface area contributed by atoms with Gasteiger partial charge in [-0.15, -0.1) is 6.58 Å². The van der Waals surface area contributed by atoms with E-state index in [1.807, 2.05) is 12.1 Å². The van der Waals surface area contributed by atoms with E-state index in [4.69, 9.17) is 4.74 Å². The van der Waals surface area contributed by atoms with Gasteiger partial charge in [0.1, 0.15) is 5.75 Å². The lowest BCUT2D eigenvalue weighted by molar-refractivity contribution is 0.255. The van der Waals surface area contributed by atoms with Crippen molar-refractivity contribution in [2.24, 2.45) is 0 Å². The number of para-hydroxylation sites is 1. The Bertz CT molecular complexity index is 408. The first-order valence-corrected chi connectivity index (χ1v) is 8.44. The fraction of sp³-hybridized carbons (Fsp3) is 0.579. The highest BCUT2D eigenvalue weighted by Gasteiger charge is 2.08. The van der Waals surface area contributed by atoms with Crippen molar-refractivity contribution in [3.05, 3.63) is 42.5 Å². The number of hydrogen-bond acceptors (Lipinski definition) is 2. The van der Waals surface area contributed by atoms with Gasteiger partial charge >= 0.3 is 0 Å². The predicted molar refractivity (Wildman–Crippen MR) is 90.0 cm³/mol. The van der Waals surface area contributed by atoms with Crippen LogP contribution in [0.1, 0.15) is 44.1 Å². The number of unbranched alkanes of at least 4 members (excludes halogenated alkanes) is 1. The van der Waals surface area contributed by atoms with E-state index in [1.165, 1.54) is 57.3 Å². The highest BCUT2D eigenvalue weighted by atomic mass is 16.5. The first-order chi connectivity index (χ1) is 10.4. The van der Waals surface area contributed by atoms with Gasteiger partial charge in [0.05, 0.1) is 6.61 Å². The monoisotopic (exact) mass is 287 g/mol. The van der Waals surface area contributed by atoms with Crippen molar-refractivity contribution in [2.75, 3.05) is 26.2 Å². The number of allylic oxidation sites excluding steroid dienone is 1. The molecule has 0 radical (unpaired) electrons. The normalized spacial score (nSPS) is 16.4. The van der Waals surface area contributed by atoms with Crippen LogP contribution in [0.25, 0.3) is 0 Å². The fourth-order valence-electron chi connectivity index (χ4n) is 2.95. The molecular formula is C19H29NO. The third-order valence-electron chi connectivity index (χ3n) is 4.16. The zero-order valence-corrected chi connectivity index (χ0v) is 13.2. The number of nitrogens with zero attached hydrogens (tertiary/aromatic N) is 1. The van der Waals surface area contributed by atoms with Crippen molar-refractivity contribution in [1.29, 1.82) is 0 Å². The molecule has 1 heterocycles. The van der Waals surface area contributed by atoms with E-state index < -0.39 is 0 Å². The molecule has 0 amide bonds. The Morgan fingerprint density at radius 1 is 1.05 bits per heavy atom. The maximum absolute atomic E-state index is 5.94. The molecule has 2 heteroatoms. The fourth-order valence-corrected chi connectivity index (χ4v) is 2.95. The minimum Gasteiger partial charge on any atom is -0.493 e. The molecule has 0 atom stereocenters. The Morgan fingerprint density at radius 2 is 1.81 bits per heavy atom. The Labute approximate surface area is 129 Å². The maximum Gasteiger partial charge on any atom is 0.122 e. The molecule has 0 spiro atoms. The van der Waals surface area contributed by atoms with Gasteiger partial charge in [-0.3, -0.25) is 0 Å². The van der Waals surface area contributed by atoms with Crippen molar-refractivity contribution in [3.8, 4) is 5.75 Å². The highest BCUT2D eigenvalue weighted by molar-refractivity contribution is 5.34. The second kappa shape index (κ2) is 9.62. The van der Waals surface area contributed by atoms with Crippen LogP contribution in [0.15, 0.2) is 36.9 Å². The average molecular weight is 287 g/mol. The third-order valence-corrected chi connectivity index (χ3v) is 4.16. The summed E-state index contributed by atoms with van der Waals surface area (Å²) < 4.78 is 5.94. The summed E-state index contributed by atoms with van der Waals surface area (Å²) >= 11 is 0. The Morgan fingerprint density at radius 3 is 2.57 bits per heavy atom. The van der Waals surface area contributed by atoms with Crippen LogP contribution < -0.4 is 4.74 Å². The molecule has 1 saturated heterocycles. The number of ether oxygens (including phenoxy) is 1. The number of hydrogen-bond donors (Lipinski definition) is 0. The summed E-state index contributed by atoms with van der Waals surface area (Å²) in [4.78, 5) is 2.62. The largest absolute Gasteiger partial charge is 0.493 e. The minimum absolute atomic E-state index is 0.821. The van der Waals surface area contributed by atoms with E-state index >= 15 is 0 Å². The van der Waals surface area contributed by atoms with E-state index in [0.717, 1.165) is 25.2 Å². The van der Waals surface area contributed by atoms with Crippen molar-refractivity contribution >= 4 is 0 Å². The van der Waals surface area contributed by atoms with E-state index in [2.05, 4.69) is 29.7 Å². The minimum atomic E-state index is 0.821. The molecular weight excluding hydrogens is 258 g/mol. The summed E-state index contributed by atoms with van der Waals surface area (Å²) in [5, 5.41) is 0. The molecule has 21 heavy (non-hydrogen) atoms. The predicted octanol–water partition coefficient (Wildman–Crippen LogP) is 4.45. The van der Waals surface area contributed by atoms with E-state index in [1.54, 1.807) is 0 Å². The van der Waals surface area contributed by atoms with Gasteiger partial charge in [0.2, 0.25) is 0 Å². The van der Waals surface area contributed by atoms with Crippen LogP contribution in [-0.2, 0) is 6.42 Å². The van der Waals surface area contributed by atoms with Crippen LogP contribution >= 0.6 is 0 Å². The van der Waals surface area contributed by atoms with Crippen molar-refractivity contribution in [1.82, 2.24) is 4.90 Å². The first kappa shape index (κ1) is 16.1. The lowest BCUT2D eigenvalue weighted by atomic mass is 10.1. The summed E-state index contributed by atoms with van der Waals surface area (Å²) in [5.74, 6) is 1.02. The van der Waals surface area contributed by atoms with Crippen molar-refractivity contribution < 1.29 is 4.74 Å². The van der Waals surface area contributed by atoms with Crippen LogP contribution in [-0.4, -0.2) is 31.1 Å². The Balaban J connectivity index is 1.64. The van der Waals surface area contributed by atoms with Crippen molar-refractivity contribution in [2.45, 2.75) is 44.9 Å². The second-order valence-electron chi connectivity index (χ2n) is 5.91. The molecule has 0 bridgehead atoms. The van der Waals surface area contributed by atoms with Gasteiger partial charge in [-0.2, -0.15) is 0 Å². The maximum atomic E-state index is 5.94. The van der Waals surface area contributed by atoms with E-state index in [9.17, 15) is 0 Å². The molecule has 0 unspecified atom stereocenters. The third kappa shape index (κ3) is 5.92. The lowest BCUT2D eigenvalue weighted by Gasteiger charge is -2.19. The zero-order valence-electron chi connectivity index (χ0n) is 13.2. The van der Waals surface area contributed by atoms with Gasteiger partial charge in [-0.05, 0) is 63.4 Å². The standard InChI is InChI=1S/C19H29NO/c1-2-11-18-12-5-6-13-19(18)21-17-10-9-16-20-14-7-3-4-8-15-20/h2,5-6,12-13H,1,3-4,7-11,14-17H2. The molecule has 1 fully saturated rings. The van der Waals surface area contributed by atoms with Gasteiger partial charge in [0, 0.05) is 0 Å². The molecule has 1 aromatic carbocycles. The van der Waals surface area contributed by atoms with Crippen LogP contribution in [0.3, 0.4) is 0 Å². The molecule has 1 aliphatic heterocycles. The average Bonchev–Trinajstić information content (AvgIpc) is 2.77. The molecule has 0 saturated carbocycles. The molecule has 1 aromatic rings. The van der Waals surface area contributed by atoms with Crippen molar-refractivity contribution in [3.63, 3.8) is 0 Å². The van der Waals surface area contributed by atoms with E-state index in [0.29, 0.717) is 0 Å². The van der Waals surface area contributed by atoms with Crippen LogP contribution in [0.5, 0.6) is 5.75 Å². The molecule has 2 rings (SSSR count).